The molecule has 3 heterocycles. The second-order valence-electron chi connectivity index (χ2n) is 6.06. The van der Waals surface area contributed by atoms with Crippen LogP contribution in [-0.2, 0) is 4.79 Å². The van der Waals surface area contributed by atoms with Crippen LogP contribution in [0.1, 0.15) is 0 Å². The maximum absolute atomic E-state index is 10.6. The summed E-state index contributed by atoms with van der Waals surface area (Å²) in [7, 11) is 1.63. The van der Waals surface area contributed by atoms with Crippen LogP contribution in [0.25, 0.3) is 22.1 Å². The fourth-order valence-corrected chi connectivity index (χ4v) is 2.92. The Labute approximate surface area is 162 Å². The zero-order valence-electron chi connectivity index (χ0n) is 15.3. The van der Waals surface area contributed by atoms with E-state index in [4.69, 9.17) is 24.8 Å². The Kier molecular flexibility index (Phi) is 5.64. The van der Waals surface area contributed by atoms with E-state index in [-0.39, 0.29) is 5.95 Å². The Morgan fingerprint density at radius 3 is 2.55 bits per heavy atom. The molecule has 0 bridgehead atoms. The maximum Gasteiger partial charge on any atom is 0.490 e. The lowest BCUT2D eigenvalue weighted by molar-refractivity contribution is -0.192. The van der Waals surface area contributed by atoms with Gasteiger partial charge in [-0.3, -0.25) is 0 Å². The molecule has 0 aliphatic carbocycles. The van der Waals surface area contributed by atoms with Crippen molar-refractivity contribution < 1.29 is 32.2 Å². The van der Waals surface area contributed by atoms with Crippen LogP contribution >= 0.6 is 0 Å². The van der Waals surface area contributed by atoms with Gasteiger partial charge in [0.15, 0.2) is 11.4 Å². The van der Waals surface area contributed by atoms with Crippen LogP contribution in [0, 0.1) is 0 Å². The monoisotopic (exact) mass is 413 g/mol. The van der Waals surface area contributed by atoms with Gasteiger partial charge in [-0.2, -0.15) is 18.2 Å². The van der Waals surface area contributed by atoms with E-state index < -0.39 is 12.1 Å². The number of anilines is 2. The molecular formula is C17H18F3N5O4. The van der Waals surface area contributed by atoms with Crippen molar-refractivity contribution in [3.05, 3.63) is 18.2 Å². The van der Waals surface area contributed by atoms with Gasteiger partial charge in [0.1, 0.15) is 16.8 Å². The molecule has 1 aliphatic heterocycles. The van der Waals surface area contributed by atoms with Gasteiger partial charge in [0.2, 0.25) is 5.95 Å². The van der Waals surface area contributed by atoms with Crippen LogP contribution in [0.2, 0.25) is 0 Å². The summed E-state index contributed by atoms with van der Waals surface area (Å²) < 4.78 is 43.2. The van der Waals surface area contributed by atoms with Crippen LogP contribution in [0.4, 0.5) is 24.9 Å². The molecule has 29 heavy (non-hydrogen) atoms. The van der Waals surface area contributed by atoms with Crippen molar-refractivity contribution in [3.8, 4) is 5.75 Å². The number of nitrogens with zero attached hydrogens (tertiary/aromatic N) is 3. The molecule has 9 nitrogen and oxygen atoms in total. The average molecular weight is 413 g/mol. The number of carbonyl (C=O) groups is 1. The van der Waals surface area contributed by atoms with E-state index in [0.717, 1.165) is 48.7 Å². The minimum atomic E-state index is -5.08. The number of nitrogen functional groups attached to an aromatic ring is 1. The Morgan fingerprint density at radius 1 is 1.31 bits per heavy atom. The number of benzene rings is 1. The number of nitrogens with one attached hydrogen (secondary N) is 1. The van der Waals surface area contributed by atoms with E-state index in [1.54, 1.807) is 7.11 Å². The average Bonchev–Trinajstić information content (AvgIpc) is 3.06. The Hall–Kier alpha value is -3.28. The quantitative estimate of drug-likeness (QED) is 0.578. The zero-order valence-corrected chi connectivity index (χ0v) is 15.3. The standard InChI is InChI=1S/C15H17N5O2.C2HF3O2/c1-21-9-3-2-4-10-11(9)12-13(22-10)14(19-15(16)18-12)20-7-5-17-6-8-20;3-2(4,5)1(6)7/h2-4,17H,5-8H2,1H3,(H2,16,18,19);(H,6,7). The Bertz CT molecular complexity index is 1030. The molecular weight excluding hydrogens is 395 g/mol. The second-order valence-corrected chi connectivity index (χ2v) is 6.06. The second kappa shape index (κ2) is 7.99. The molecule has 4 N–H and O–H groups in total. The molecule has 0 unspecified atom stereocenters. The molecule has 1 aromatic carbocycles. The van der Waals surface area contributed by atoms with Crippen LogP contribution in [0.5, 0.6) is 5.75 Å². The lowest BCUT2D eigenvalue weighted by Gasteiger charge is -2.28. The highest BCUT2D eigenvalue weighted by Gasteiger charge is 2.38. The summed E-state index contributed by atoms with van der Waals surface area (Å²) in [5.74, 6) is -1.04. The number of furan rings is 1. The number of aromatic nitrogens is 2. The van der Waals surface area contributed by atoms with Crippen molar-refractivity contribution in [2.24, 2.45) is 0 Å². The number of rotatable bonds is 2. The summed E-state index contributed by atoms with van der Waals surface area (Å²) in [6.45, 7) is 3.55. The van der Waals surface area contributed by atoms with Crippen molar-refractivity contribution in [2.45, 2.75) is 6.18 Å². The number of hydrogen-bond donors (Lipinski definition) is 3. The van der Waals surface area contributed by atoms with E-state index >= 15 is 0 Å². The third-order valence-electron chi connectivity index (χ3n) is 4.18. The number of alkyl halides is 3. The SMILES string of the molecule is COc1cccc2oc3c(N4CCNCC4)nc(N)nc3c12.O=C(O)C(F)(F)F. The predicted octanol–water partition coefficient (Wildman–Crippen LogP) is 2.01. The highest BCUT2D eigenvalue weighted by Crippen LogP contribution is 2.38. The van der Waals surface area contributed by atoms with Gasteiger partial charge in [-0.25, -0.2) is 9.78 Å². The number of carboxylic acid groups (broad SMARTS) is 1. The van der Waals surface area contributed by atoms with E-state index in [2.05, 4.69) is 20.2 Å². The Balaban J connectivity index is 0.000000298. The minimum absolute atomic E-state index is 0.245. The normalized spacial score (nSPS) is 14.6. The molecule has 1 saturated heterocycles. The van der Waals surface area contributed by atoms with Gasteiger partial charge in [-0.1, -0.05) is 6.07 Å². The van der Waals surface area contributed by atoms with Gasteiger partial charge in [0, 0.05) is 26.2 Å². The number of ether oxygens (including phenoxy) is 1. The summed E-state index contributed by atoms with van der Waals surface area (Å²) in [5.41, 5.74) is 8.02. The molecule has 3 aromatic rings. The number of carboxylic acids is 1. The van der Waals surface area contributed by atoms with Crippen molar-refractivity contribution in [1.82, 2.24) is 15.3 Å². The first-order chi connectivity index (χ1) is 13.7. The lowest BCUT2D eigenvalue weighted by Crippen LogP contribution is -2.44. The fraction of sp³-hybridized carbons (Fsp3) is 0.353. The number of hydrogen-bond acceptors (Lipinski definition) is 8. The number of piperazine rings is 1. The molecule has 0 saturated carbocycles. The van der Waals surface area contributed by atoms with E-state index in [9.17, 15) is 13.2 Å². The van der Waals surface area contributed by atoms with Gasteiger partial charge < -0.3 is 30.2 Å². The molecule has 0 atom stereocenters. The first-order valence-corrected chi connectivity index (χ1v) is 8.51. The number of aliphatic carboxylic acids is 1. The number of nitrogens with two attached hydrogens (primary N) is 1. The number of fused-ring (bicyclic) bond motifs is 3. The van der Waals surface area contributed by atoms with Crippen LogP contribution < -0.4 is 20.7 Å². The number of halogens is 3. The highest BCUT2D eigenvalue weighted by atomic mass is 19.4. The molecule has 0 spiro atoms. The van der Waals surface area contributed by atoms with Crippen LogP contribution in [-0.4, -0.2) is 60.5 Å². The third kappa shape index (κ3) is 4.26. The van der Waals surface area contributed by atoms with Gasteiger partial charge in [-0.15, -0.1) is 0 Å². The van der Waals surface area contributed by atoms with E-state index in [0.29, 0.717) is 11.1 Å². The number of methoxy groups -OCH3 is 1. The lowest BCUT2D eigenvalue weighted by atomic mass is 10.2. The van der Waals surface area contributed by atoms with Crippen molar-refractivity contribution >= 4 is 39.8 Å². The zero-order chi connectivity index (χ0) is 21.2. The first kappa shape index (κ1) is 20.5. The van der Waals surface area contributed by atoms with Gasteiger partial charge in [-0.05, 0) is 12.1 Å². The molecule has 156 valence electrons. The van der Waals surface area contributed by atoms with Gasteiger partial charge >= 0.3 is 12.1 Å². The predicted molar refractivity (Wildman–Crippen MR) is 99.0 cm³/mol. The molecule has 4 rings (SSSR count). The minimum Gasteiger partial charge on any atom is -0.496 e. The van der Waals surface area contributed by atoms with Gasteiger partial charge in [0.05, 0.1) is 12.5 Å². The summed E-state index contributed by atoms with van der Waals surface area (Å²) in [6, 6.07) is 5.68. The first-order valence-electron chi connectivity index (χ1n) is 8.51. The largest absolute Gasteiger partial charge is 0.496 e. The van der Waals surface area contributed by atoms with Crippen LogP contribution in [0.15, 0.2) is 22.6 Å². The topological polar surface area (TPSA) is 127 Å². The molecule has 0 radical (unpaired) electrons. The Morgan fingerprint density at radius 2 is 1.97 bits per heavy atom. The molecule has 1 aliphatic rings. The van der Waals surface area contributed by atoms with Gasteiger partial charge in [0.25, 0.3) is 0 Å². The summed E-state index contributed by atoms with van der Waals surface area (Å²) in [5, 5.41) is 11.3. The third-order valence-corrected chi connectivity index (χ3v) is 4.18. The highest BCUT2D eigenvalue weighted by molar-refractivity contribution is 6.09. The smallest absolute Gasteiger partial charge is 0.490 e. The fourth-order valence-electron chi connectivity index (χ4n) is 2.92. The van der Waals surface area contributed by atoms with Crippen molar-refractivity contribution in [3.63, 3.8) is 0 Å². The summed E-state index contributed by atoms with van der Waals surface area (Å²) in [4.78, 5) is 19.9. The maximum atomic E-state index is 10.6. The molecule has 0 amide bonds. The van der Waals surface area contributed by atoms with E-state index in [1.165, 1.54) is 0 Å². The van der Waals surface area contributed by atoms with Crippen molar-refractivity contribution in [2.75, 3.05) is 43.9 Å². The van der Waals surface area contributed by atoms with Crippen molar-refractivity contribution in [1.29, 1.82) is 0 Å². The molecule has 1 fully saturated rings. The summed E-state index contributed by atoms with van der Waals surface area (Å²) >= 11 is 0. The van der Waals surface area contributed by atoms with Crippen LogP contribution in [0.3, 0.4) is 0 Å². The molecule has 2 aromatic heterocycles. The molecule has 12 heteroatoms. The summed E-state index contributed by atoms with van der Waals surface area (Å²) in [6.07, 6.45) is -5.08. The van der Waals surface area contributed by atoms with E-state index in [1.807, 2.05) is 18.2 Å².